The van der Waals surface area contributed by atoms with Crippen molar-refractivity contribution in [1.82, 2.24) is 15.0 Å². The lowest BCUT2D eigenvalue weighted by Crippen LogP contribution is -2.37. The van der Waals surface area contributed by atoms with E-state index in [-0.39, 0.29) is 11.4 Å². The van der Waals surface area contributed by atoms with Crippen molar-refractivity contribution in [3.63, 3.8) is 0 Å². The number of carbonyl (C=O) groups excluding carboxylic acids is 2. The number of aryl methyl sites for hydroxylation is 1. The highest BCUT2D eigenvalue weighted by Crippen LogP contribution is 2.22. The number of benzene rings is 1. The maximum absolute atomic E-state index is 12.8. The lowest BCUT2D eigenvalue weighted by atomic mass is 10.2. The van der Waals surface area contributed by atoms with Crippen LogP contribution in [-0.2, 0) is 4.74 Å². The molecule has 0 aliphatic carbocycles. The molecule has 3 heterocycles. The predicted molar refractivity (Wildman–Crippen MR) is 115 cm³/mol. The van der Waals surface area contributed by atoms with E-state index in [1.165, 1.54) is 12.4 Å². The summed E-state index contributed by atoms with van der Waals surface area (Å²) < 4.78 is 5.33. The number of aromatic nitrogens is 3. The van der Waals surface area contributed by atoms with Crippen molar-refractivity contribution in [3.8, 4) is 0 Å². The summed E-state index contributed by atoms with van der Waals surface area (Å²) in [6.07, 6.45) is 3.85. The normalized spacial score (nSPS) is 15.5. The number of amides is 2. The Kier molecular flexibility index (Phi) is 5.83. The molecule has 10 heteroatoms. The van der Waals surface area contributed by atoms with Gasteiger partial charge in [-0.05, 0) is 42.8 Å². The third-order valence-corrected chi connectivity index (χ3v) is 4.67. The minimum absolute atomic E-state index is 0.0915. The van der Waals surface area contributed by atoms with E-state index in [2.05, 4.69) is 25.6 Å². The fourth-order valence-electron chi connectivity index (χ4n) is 3.08. The molecule has 10 nitrogen and oxygen atoms in total. The zero-order valence-electron chi connectivity index (χ0n) is 16.8. The van der Waals surface area contributed by atoms with Crippen molar-refractivity contribution >= 4 is 29.0 Å². The Balaban J connectivity index is 1.47. The minimum atomic E-state index is -0.576. The first-order valence-electron chi connectivity index (χ1n) is 9.61. The van der Waals surface area contributed by atoms with Crippen LogP contribution in [0, 0.1) is 6.92 Å². The molecule has 4 rings (SSSR count). The summed E-state index contributed by atoms with van der Waals surface area (Å²) in [5.74, 6) is -0.774. The van der Waals surface area contributed by atoms with E-state index in [4.69, 9.17) is 10.5 Å². The molecule has 2 aromatic heterocycles. The van der Waals surface area contributed by atoms with Crippen LogP contribution in [0.3, 0.4) is 0 Å². The average molecular weight is 419 g/mol. The lowest BCUT2D eigenvalue weighted by molar-refractivity contribution is 0.0982. The number of nitrogens with zero attached hydrogens (tertiary/aromatic N) is 4. The number of hydrogen-bond donors (Lipinski definition) is 3. The van der Waals surface area contributed by atoms with E-state index in [1.54, 1.807) is 24.4 Å². The third kappa shape index (κ3) is 4.65. The molecule has 0 saturated carbocycles. The second kappa shape index (κ2) is 8.86. The maximum atomic E-state index is 12.8. The van der Waals surface area contributed by atoms with Gasteiger partial charge < -0.3 is 20.3 Å². The fraction of sp³-hybridized carbons (Fsp3) is 0.190. The Morgan fingerprint density at radius 3 is 2.26 bits per heavy atom. The summed E-state index contributed by atoms with van der Waals surface area (Å²) >= 11 is 0. The summed E-state index contributed by atoms with van der Waals surface area (Å²) in [4.78, 5) is 39.5. The first-order valence-corrected chi connectivity index (χ1v) is 9.61. The molecule has 4 N–H and O–H groups in total. The van der Waals surface area contributed by atoms with Gasteiger partial charge >= 0.3 is 0 Å². The number of carbonyl (C=O) groups is 2. The molecule has 1 fully saturated rings. The number of rotatable bonds is 5. The van der Waals surface area contributed by atoms with Crippen molar-refractivity contribution in [2.24, 2.45) is 5.73 Å². The van der Waals surface area contributed by atoms with Gasteiger partial charge in [0.25, 0.3) is 11.8 Å². The molecule has 3 aromatic rings. The van der Waals surface area contributed by atoms with E-state index in [1.807, 2.05) is 30.0 Å². The van der Waals surface area contributed by atoms with Crippen LogP contribution < -0.4 is 21.3 Å². The van der Waals surface area contributed by atoms with Crippen molar-refractivity contribution in [2.75, 3.05) is 28.7 Å². The molecule has 1 saturated heterocycles. The van der Waals surface area contributed by atoms with Crippen LogP contribution in [-0.4, -0.2) is 46.3 Å². The summed E-state index contributed by atoms with van der Waals surface area (Å²) in [5.41, 5.74) is 8.09. The fourth-order valence-corrected chi connectivity index (χ4v) is 3.08. The third-order valence-electron chi connectivity index (χ3n) is 4.67. The standard InChI is InChI=1S/C21H21N7O3/c1-13-2-7-16(25-12-13)27-20(30)18-17(23-8-9-24-18)19(29)26-14-3-5-15(6-4-14)28-10-11-31-21(28)22/h2-9,12,21H,10-11,22H2,1H3,(H,26,29)(H,25,27,30). The highest BCUT2D eigenvalue weighted by molar-refractivity contribution is 6.13. The van der Waals surface area contributed by atoms with E-state index in [9.17, 15) is 9.59 Å². The number of nitrogens with one attached hydrogen (secondary N) is 2. The molecule has 2 amide bonds. The van der Waals surface area contributed by atoms with Gasteiger partial charge in [-0.15, -0.1) is 0 Å². The molecular formula is C21H21N7O3. The van der Waals surface area contributed by atoms with Crippen molar-refractivity contribution in [2.45, 2.75) is 13.3 Å². The molecule has 1 atom stereocenters. The van der Waals surface area contributed by atoms with E-state index in [0.717, 1.165) is 11.3 Å². The van der Waals surface area contributed by atoms with Gasteiger partial charge in [-0.2, -0.15) is 0 Å². The Hall–Kier alpha value is -3.89. The largest absolute Gasteiger partial charge is 0.343 e. The minimum Gasteiger partial charge on any atom is -0.343 e. The Morgan fingerprint density at radius 2 is 1.68 bits per heavy atom. The van der Waals surface area contributed by atoms with Gasteiger partial charge in [0.05, 0.1) is 6.61 Å². The van der Waals surface area contributed by atoms with Gasteiger partial charge in [0.2, 0.25) is 0 Å². The van der Waals surface area contributed by atoms with Gasteiger partial charge in [0.15, 0.2) is 17.7 Å². The van der Waals surface area contributed by atoms with Gasteiger partial charge in [0, 0.05) is 36.5 Å². The SMILES string of the molecule is Cc1ccc(NC(=O)c2nccnc2C(=O)Nc2ccc(N3CCOC3N)cc2)nc1. The second-order valence-electron chi connectivity index (χ2n) is 6.88. The number of anilines is 3. The molecular weight excluding hydrogens is 398 g/mol. The van der Waals surface area contributed by atoms with Gasteiger partial charge in [0.1, 0.15) is 5.82 Å². The molecule has 1 aliphatic heterocycles. The maximum Gasteiger partial charge on any atom is 0.277 e. The van der Waals surface area contributed by atoms with E-state index < -0.39 is 18.2 Å². The zero-order valence-corrected chi connectivity index (χ0v) is 16.8. The van der Waals surface area contributed by atoms with Crippen LogP contribution in [0.15, 0.2) is 55.0 Å². The Morgan fingerprint density at radius 1 is 1.00 bits per heavy atom. The van der Waals surface area contributed by atoms with Crippen LogP contribution in [0.1, 0.15) is 26.5 Å². The van der Waals surface area contributed by atoms with E-state index in [0.29, 0.717) is 24.7 Å². The quantitative estimate of drug-likeness (QED) is 0.569. The lowest BCUT2D eigenvalue weighted by Gasteiger charge is -2.21. The monoisotopic (exact) mass is 419 g/mol. The molecule has 1 aliphatic rings. The summed E-state index contributed by atoms with van der Waals surface area (Å²) in [7, 11) is 0. The number of hydrogen-bond acceptors (Lipinski definition) is 8. The first kappa shape index (κ1) is 20.4. The van der Waals surface area contributed by atoms with Crippen molar-refractivity contribution < 1.29 is 14.3 Å². The second-order valence-corrected chi connectivity index (χ2v) is 6.88. The number of ether oxygens (including phenoxy) is 1. The summed E-state index contributed by atoms with van der Waals surface area (Å²) in [5, 5.41) is 5.36. The van der Waals surface area contributed by atoms with Crippen LogP contribution in [0.25, 0.3) is 0 Å². The summed E-state index contributed by atoms with van der Waals surface area (Å²) in [6.45, 7) is 3.15. The molecule has 31 heavy (non-hydrogen) atoms. The average Bonchev–Trinajstić information content (AvgIpc) is 3.21. The van der Waals surface area contributed by atoms with Gasteiger partial charge in [-0.25, -0.2) is 15.0 Å². The Labute approximate surface area is 178 Å². The first-order chi connectivity index (χ1) is 15.0. The molecule has 0 spiro atoms. The van der Waals surface area contributed by atoms with Crippen LogP contribution in [0.2, 0.25) is 0 Å². The Bertz CT molecular complexity index is 1090. The molecule has 1 aromatic carbocycles. The van der Waals surface area contributed by atoms with Crippen molar-refractivity contribution in [1.29, 1.82) is 0 Å². The zero-order chi connectivity index (χ0) is 21.8. The number of nitrogens with two attached hydrogens (primary N) is 1. The number of pyridine rings is 1. The molecule has 0 radical (unpaired) electrons. The summed E-state index contributed by atoms with van der Waals surface area (Å²) in [6, 6.07) is 10.6. The van der Waals surface area contributed by atoms with Gasteiger partial charge in [-0.1, -0.05) is 6.07 Å². The topological polar surface area (TPSA) is 135 Å². The molecule has 158 valence electrons. The smallest absolute Gasteiger partial charge is 0.277 e. The predicted octanol–water partition coefficient (Wildman–Crippen LogP) is 1.76. The molecule has 1 unspecified atom stereocenters. The van der Waals surface area contributed by atoms with E-state index >= 15 is 0 Å². The molecule has 0 bridgehead atoms. The van der Waals surface area contributed by atoms with Crippen molar-refractivity contribution in [3.05, 3.63) is 71.9 Å². The van der Waals surface area contributed by atoms with Gasteiger partial charge in [-0.3, -0.25) is 15.3 Å². The highest BCUT2D eigenvalue weighted by Gasteiger charge is 2.23. The van der Waals surface area contributed by atoms with Crippen LogP contribution >= 0.6 is 0 Å². The van der Waals surface area contributed by atoms with Crippen LogP contribution in [0.4, 0.5) is 17.2 Å². The highest BCUT2D eigenvalue weighted by atomic mass is 16.5. The van der Waals surface area contributed by atoms with Crippen LogP contribution in [0.5, 0.6) is 0 Å².